The fourth-order valence-electron chi connectivity index (χ4n) is 2.58. The Hall–Kier alpha value is -1.28. The van der Waals surface area contributed by atoms with Crippen LogP contribution in [0.2, 0.25) is 0 Å². The fourth-order valence-corrected chi connectivity index (χ4v) is 2.58. The molecule has 8 heteroatoms. The van der Waals surface area contributed by atoms with Crippen molar-refractivity contribution in [3.05, 3.63) is 11.3 Å². The molecule has 22 heavy (non-hydrogen) atoms. The van der Waals surface area contributed by atoms with E-state index in [9.17, 15) is 13.2 Å². The Kier molecular flexibility index (Phi) is 5.69. The van der Waals surface area contributed by atoms with Crippen molar-refractivity contribution in [1.29, 1.82) is 0 Å². The van der Waals surface area contributed by atoms with E-state index in [1.54, 1.807) is 14.0 Å². The van der Waals surface area contributed by atoms with Gasteiger partial charge in [-0.05, 0) is 25.7 Å². The number of hydrogen-bond acceptors (Lipinski definition) is 4. The molecule has 1 unspecified atom stereocenters. The summed E-state index contributed by atoms with van der Waals surface area (Å²) in [7, 11) is 1.58. The Morgan fingerprint density at radius 3 is 2.86 bits per heavy atom. The molecular weight excluding hydrogens is 299 g/mol. The van der Waals surface area contributed by atoms with Crippen molar-refractivity contribution >= 4 is 0 Å². The predicted molar refractivity (Wildman–Crippen MR) is 74.7 cm³/mol. The highest BCUT2D eigenvalue weighted by Crippen LogP contribution is 2.24. The molecule has 1 aliphatic rings. The van der Waals surface area contributed by atoms with Crippen molar-refractivity contribution in [2.24, 2.45) is 13.0 Å². The van der Waals surface area contributed by atoms with Crippen LogP contribution in [-0.2, 0) is 18.3 Å². The van der Waals surface area contributed by atoms with Crippen LogP contribution in [0, 0.1) is 12.8 Å². The van der Waals surface area contributed by atoms with Crippen LogP contribution >= 0.6 is 0 Å². The molecule has 1 atom stereocenters. The smallest absolute Gasteiger partial charge is 0.422 e. The molecule has 0 spiro atoms. The highest BCUT2D eigenvalue weighted by Gasteiger charge is 2.30. The molecule has 0 saturated carbocycles. The molecule has 2 heterocycles. The fraction of sp³-hybridized carbons (Fsp3) is 0.786. The maximum atomic E-state index is 12.3. The molecule has 0 radical (unpaired) electrons. The number of alkyl halides is 3. The second-order valence-corrected chi connectivity index (χ2v) is 5.61. The summed E-state index contributed by atoms with van der Waals surface area (Å²) in [6.45, 7) is 3.21. The highest BCUT2D eigenvalue weighted by molar-refractivity contribution is 5.30. The number of ether oxygens (including phenoxy) is 2. The standard InChI is InChI=1S/C14H22F3N3O2/c1-10-12(7-18-6-11-4-3-5-21-8-11)13(20(2)19-10)22-9-14(15,16)17/h11,18H,3-9H2,1-2H3. The summed E-state index contributed by atoms with van der Waals surface area (Å²) in [6, 6.07) is 0. The number of aromatic nitrogens is 2. The normalized spacial score (nSPS) is 19.4. The van der Waals surface area contributed by atoms with Crippen molar-refractivity contribution in [2.45, 2.75) is 32.5 Å². The number of nitrogens with one attached hydrogen (secondary N) is 1. The van der Waals surface area contributed by atoms with E-state index in [1.807, 2.05) is 0 Å². The van der Waals surface area contributed by atoms with Gasteiger partial charge in [0.2, 0.25) is 5.88 Å². The molecule has 126 valence electrons. The summed E-state index contributed by atoms with van der Waals surface area (Å²) in [5.41, 5.74) is 1.34. The van der Waals surface area contributed by atoms with Crippen molar-refractivity contribution in [3.63, 3.8) is 0 Å². The maximum Gasteiger partial charge on any atom is 0.422 e. The molecule has 1 aliphatic heterocycles. The van der Waals surface area contributed by atoms with E-state index in [2.05, 4.69) is 10.4 Å². The van der Waals surface area contributed by atoms with E-state index in [4.69, 9.17) is 9.47 Å². The Bertz CT molecular complexity index is 482. The summed E-state index contributed by atoms with van der Waals surface area (Å²) in [6.07, 6.45) is -2.20. The van der Waals surface area contributed by atoms with Gasteiger partial charge in [0, 0.05) is 26.7 Å². The molecular formula is C14H22F3N3O2. The molecule has 1 aromatic rings. The van der Waals surface area contributed by atoms with Gasteiger partial charge in [-0.2, -0.15) is 18.3 Å². The van der Waals surface area contributed by atoms with Crippen LogP contribution in [0.4, 0.5) is 13.2 Å². The Morgan fingerprint density at radius 2 is 2.23 bits per heavy atom. The van der Waals surface area contributed by atoms with E-state index in [-0.39, 0.29) is 5.88 Å². The summed E-state index contributed by atoms with van der Waals surface area (Å²) in [5.74, 6) is 0.618. The summed E-state index contributed by atoms with van der Waals surface area (Å²) in [4.78, 5) is 0. The molecule has 2 rings (SSSR count). The quantitative estimate of drug-likeness (QED) is 0.872. The van der Waals surface area contributed by atoms with Crippen molar-refractivity contribution in [1.82, 2.24) is 15.1 Å². The van der Waals surface area contributed by atoms with Crippen LogP contribution in [0.3, 0.4) is 0 Å². The molecule has 0 amide bonds. The lowest BCUT2D eigenvalue weighted by molar-refractivity contribution is -0.154. The molecule has 5 nitrogen and oxygen atoms in total. The largest absolute Gasteiger partial charge is 0.468 e. The van der Waals surface area contributed by atoms with E-state index in [0.29, 0.717) is 23.7 Å². The molecule has 1 aromatic heterocycles. The first-order valence-electron chi connectivity index (χ1n) is 7.37. The van der Waals surface area contributed by atoms with E-state index < -0.39 is 12.8 Å². The van der Waals surface area contributed by atoms with Gasteiger partial charge >= 0.3 is 6.18 Å². The maximum absolute atomic E-state index is 12.3. The Balaban J connectivity index is 1.91. The Labute approximate surface area is 127 Å². The molecule has 0 bridgehead atoms. The second kappa shape index (κ2) is 7.32. The van der Waals surface area contributed by atoms with Gasteiger partial charge in [0.1, 0.15) is 0 Å². The van der Waals surface area contributed by atoms with Gasteiger partial charge in [0.25, 0.3) is 0 Å². The lowest BCUT2D eigenvalue weighted by Crippen LogP contribution is -2.29. The average Bonchev–Trinajstić information content (AvgIpc) is 2.71. The summed E-state index contributed by atoms with van der Waals surface area (Å²) in [5, 5.41) is 7.41. The average molecular weight is 321 g/mol. The minimum Gasteiger partial charge on any atom is -0.468 e. The number of hydrogen-bond donors (Lipinski definition) is 1. The minimum atomic E-state index is -4.36. The lowest BCUT2D eigenvalue weighted by atomic mass is 10.0. The van der Waals surface area contributed by atoms with Crippen molar-refractivity contribution in [2.75, 3.05) is 26.4 Å². The first-order valence-corrected chi connectivity index (χ1v) is 7.37. The van der Waals surface area contributed by atoms with Crippen molar-refractivity contribution < 1.29 is 22.6 Å². The van der Waals surface area contributed by atoms with Gasteiger partial charge in [0.05, 0.1) is 17.9 Å². The van der Waals surface area contributed by atoms with E-state index in [0.717, 1.165) is 32.6 Å². The van der Waals surface area contributed by atoms with Crippen LogP contribution in [0.25, 0.3) is 0 Å². The SMILES string of the molecule is Cc1nn(C)c(OCC(F)(F)F)c1CNCC1CCCOC1. The first-order chi connectivity index (χ1) is 10.4. The zero-order valence-corrected chi connectivity index (χ0v) is 12.9. The zero-order valence-electron chi connectivity index (χ0n) is 12.9. The molecule has 1 N–H and O–H groups in total. The van der Waals surface area contributed by atoms with Crippen LogP contribution in [0.15, 0.2) is 0 Å². The second-order valence-electron chi connectivity index (χ2n) is 5.61. The number of aryl methyl sites for hydroxylation is 2. The third-order valence-corrected chi connectivity index (χ3v) is 3.65. The van der Waals surface area contributed by atoms with Gasteiger partial charge in [-0.1, -0.05) is 0 Å². The predicted octanol–water partition coefficient (Wildman–Crippen LogP) is 2.19. The first kappa shape index (κ1) is 17.1. The number of nitrogens with zero attached hydrogens (tertiary/aromatic N) is 2. The molecule has 1 saturated heterocycles. The van der Waals surface area contributed by atoms with E-state index >= 15 is 0 Å². The van der Waals surface area contributed by atoms with Gasteiger partial charge < -0.3 is 14.8 Å². The van der Waals surface area contributed by atoms with Crippen LogP contribution in [0.1, 0.15) is 24.1 Å². The molecule has 0 aliphatic carbocycles. The molecule has 0 aromatic carbocycles. The number of rotatable bonds is 6. The Morgan fingerprint density at radius 1 is 1.45 bits per heavy atom. The number of halogens is 3. The van der Waals surface area contributed by atoms with Gasteiger partial charge in [-0.25, -0.2) is 4.68 Å². The molecule has 1 fully saturated rings. The van der Waals surface area contributed by atoms with Crippen LogP contribution < -0.4 is 10.1 Å². The van der Waals surface area contributed by atoms with Crippen LogP contribution in [0.5, 0.6) is 5.88 Å². The van der Waals surface area contributed by atoms with Crippen LogP contribution in [-0.4, -0.2) is 42.3 Å². The van der Waals surface area contributed by atoms with Gasteiger partial charge in [-0.3, -0.25) is 0 Å². The minimum absolute atomic E-state index is 0.169. The van der Waals surface area contributed by atoms with Crippen molar-refractivity contribution in [3.8, 4) is 5.88 Å². The van der Waals surface area contributed by atoms with E-state index in [1.165, 1.54) is 4.68 Å². The summed E-state index contributed by atoms with van der Waals surface area (Å²) >= 11 is 0. The monoisotopic (exact) mass is 321 g/mol. The highest BCUT2D eigenvalue weighted by atomic mass is 19.4. The third kappa shape index (κ3) is 4.88. The zero-order chi connectivity index (χ0) is 16.2. The lowest BCUT2D eigenvalue weighted by Gasteiger charge is -2.22. The van der Waals surface area contributed by atoms with Gasteiger partial charge in [-0.15, -0.1) is 0 Å². The summed E-state index contributed by atoms with van der Waals surface area (Å²) < 4.78 is 48.6. The third-order valence-electron chi connectivity index (χ3n) is 3.65. The van der Waals surface area contributed by atoms with Gasteiger partial charge in [0.15, 0.2) is 6.61 Å². The topological polar surface area (TPSA) is 48.3 Å².